The van der Waals surface area contributed by atoms with Gasteiger partial charge in [0, 0.05) is 18.1 Å². The maximum atomic E-state index is 12.3. The summed E-state index contributed by atoms with van der Waals surface area (Å²) in [6, 6.07) is 5.96. The van der Waals surface area contributed by atoms with Crippen LogP contribution in [0.2, 0.25) is 0 Å². The number of hydrogen-bond donors (Lipinski definition) is 1. The van der Waals surface area contributed by atoms with Gasteiger partial charge in [0.25, 0.3) is 0 Å². The normalized spacial score (nSPS) is 12.9. The molecule has 1 rings (SSSR count). The fourth-order valence-electron chi connectivity index (χ4n) is 1.49. The Morgan fingerprint density at radius 3 is 2.60 bits per heavy atom. The Bertz CT molecular complexity index is 667. The minimum atomic E-state index is -3.78. The smallest absolute Gasteiger partial charge is 0.307 e. The predicted octanol–water partition coefficient (Wildman–Crippen LogP) is 1.66. The summed E-state index contributed by atoms with van der Waals surface area (Å²) >= 11 is 3.12. The van der Waals surface area contributed by atoms with Crippen molar-refractivity contribution in [2.24, 2.45) is 5.92 Å². The highest BCUT2D eigenvalue weighted by Crippen LogP contribution is 2.23. The zero-order chi connectivity index (χ0) is 15.5. The number of rotatable bonds is 5. The maximum Gasteiger partial charge on any atom is 0.307 e. The topological polar surface area (TPSA) is 98.5 Å². The van der Waals surface area contributed by atoms with Crippen LogP contribution in [0.3, 0.4) is 0 Å². The zero-order valence-electron chi connectivity index (χ0n) is 10.9. The molecule has 1 atom stereocenters. The number of carboxylic acid groups (broad SMARTS) is 1. The van der Waals surface area contributed by atoms with Crippen molar-refractivity contribution >= 4 is 31.9 Å². The lowest BCUT2D eigenvalue weighted by atomic mass is 10.2. The highest BCUT2D eigenvalue weighted by Gasteiger charge is 2.25. The molecular weight excluding hydrogens is 348 g/mol. The van der Waals surface area contributed by atoms with E-state index in [1.807, 2.05) is 6.07 Å². The second-order valence-electron chi connectivity index (χ2n) is 4.28. The Morgan fingerprint density at radius 2 is 2.15 bits per heavy atom. The number of nitrogens with zero attached hydrogens (tertiary/aromatic N) is 2. The molecule has 0 saturated carbocycles. The van der Waals surface area contributed by atoms with Gasteiger partial charge in [-0.05, 0) is 34.1 Å². The molecule has 1 N–H and O–H groups in total. The summed E-state index contributed by atoms with van der Waals surface area (Å²) in [5.74, 6) is -1.87. The molecule has 0 radical (unpaired) electrons. The van der Waals surface area contributed by atoms with Gasteiger partial charge in [-0.25, -0.2) is 12.7 Å². The fourth-order valence-corrected chi connectivity index (χ4v) is 3.39. The first-order chi connectivity index (χ1) is 9.20. The van der Waals surface area contributed by atoms with E-state index >= 15 is 0 Å². The molecule has 0 aromatic heterocycles. The minimum Gasteiger partial charge on any atom is -0.481 e. The van der Waals surface area contributed by atoms with E-state index in [1.54, 1.807) is 0 Å². The van der Waals surface area contributed by atoms with Crippen LogP contribution < -0.4 is 0 Å². The van der Waals surface area contributed by atoms with E-state index in [9.17, 15) is 13.2 Å². The van der Waals surface area contributed by atoms with Crippen LogP contribution in [0.1, 0.15) is 12.5 Å². The third-order valence-corrected chi connectivity index (χ3v) is 5.20. The first kappa shape index (κ1) is 16.6. The molecule has 108 valence electrons. The molecule has 0 bridgehead atoms. The Balaban J connectivity index is 3.08. The average molecular weight is 361 g/mol. The van der Waals surface area contributed by atoms with Gasteiger partial charge in [-0.15, -0.1) is 0 Å². The highest BCUT2D eigenvalue weighted by atomic mass is 79.9. The molecule has 1 aromatic rings. The standard InChI is InChI=1S/C12H13BrN2O4S/c1-8(12(16)17)7-15(2)20(18,19)10-4-3-9(6-14)11(13)5-10/h3-5,8H,7H2,1-2H3,(H,16,17). The van der Waals surface area contributed by atoms with Crippen molar-refractivity contribution in [2.75, 3.05) is 13.6 Å². The molecule has 0 aliphatic rings. The Labute approximate surface area is 125 Å². The van der Waals surface area contributed by atoms with Crippen molar-refractivity contribution < 1.29 is 18.3 Å². The van der Waals surface area contributed by atoms with Gasteiger partial charge >= 0.3 is 5.97 Å². The van der Waals surface area contributed by atoms with Crippen LogP contribution >= 0.6 is 15.9 Å². The number of hydrogen-bond acceptors (Lipinski definition) is 4. The van der Waals surface area contributed by atoms with E-state index in [0.717, 1.165) is 4.31 Å². The largest absolute Gasteiger partial charge is 0.481 e. The first-order valence-corrected chi connectivity index (χ1v) is 7.82. The lowest BCUT2D eigenvalue weighted by molar-refractivity contribution is -0.141. The molecule has 0 aliphatic heterocycles. The Kier molecular flexibility index (Phi) is 5.28. The van der Waals surface area contributed by atoms with E-state index in [-0.39, 0.29) is 11.4 Å². The van der Waals surface area contributed by atoms with Crippen LogP contribution in [-0.4, -0.2) is 37.4 Å². The molecule has 0 aliphatic carbocycles. The molecule has 0 fully saturated rings. The van der Waals surface area contributed by atoms with E-state index in [2.05, 4.69) is 15.9 Å². The molecule has 1 unspecified atom stereocenters. The number of sulfonamides is 1. The lowest BCUT2D eigenvalue weighted by Gasteiger charge is -2.19. The minimum absolute atomic E-state index is 0.00321. The van der Waals surface area contributed by atoms with Crippen molar-refractivity contribution in [3.8, 4) is 6.07 Å². The molecule has 6 nitrogen and oxygen atoms in total. The van der Waals surface area contributed by atoms with Gasteiger partial charge in [-0.1, -0.05) is 6.92 Å². The second kappa shape index (κ2) is 6.35. The maximum absolute atomic E-state index is 12.3. The molecule has 8 heteroatoms. The summed E-state index contributed by atoms with van der Waals surface area (Å²) in [5, 5.41) is 17.6. The van der Waals surface area contributed by atoms with Crippen LogP contribution in [0.15, 0.2) is 27.6 Å². The van der Waals surface area contributed by atoms with Crippen molar-refractivity contribution in [2.45, 2.75) is 11.8 Å². The number of carboxylic acids is 1. The molecular formula is C12H13BrN2O4S. The summed E-state index contributed by atoms with van der Waals surface area (Å²) in [6.45, 7) is 1.30. The number of benzene rings is 1. The third kappa shape index (κ3) is 3.56. The molecule has 0 amide bonds. The molecule has 1 aromatic carbocycles. The highest BCUT2D eigenvalue weighted by molar-refractivity contribution is 9.10. The van der Waals surface area contributed by atoms with Gasteiger partial charge in [-0.2, -0.15) is 5.26 Å². The van der Waals surface area contributed by atoms with Gasteiger partial charge in [-0.3, -0.25) is 4.79 Å². The second-order valence-corrected chi connectivity index (χ2v) is 7.18. The van der Waals surface area contributed by atoms with Gasteiger partial charge in [0.15, 0.2) is 0 Å². The van der Waals surface area contributed by atoms with Crippen LogP contribution in [-0.2, 0) is 14.8 Å². The monoisotopic (exact) mass is 360 g/mol. The first-order valence-electron chi connectivity index (χ1n) is 5.59. The zero-order valence-corrected chi connectivity index (χ0v) is 13.3. The van der Waals surface area contributed by atoms with Gasteiger partial charge in [0.1, 0.15) is 6.07 Å². The lowest BCUT2D eigenvalue weighted by Crippen LogP contribution is -2.33. The van der Waals surface area contributed by atoms with Gasteiger partial charge < -0.3 is 5.11 Å². The van der Waals surface area contributed by atoms with Crippen molar-refractivity contribution in [1.82, 2.24) is 4.31 Å². The summed E-state index contributed by atoms with van der Waals surface area (Å²) in [4.78, 5) is 10.8. The van der Waals surface area contributed by atoms with Gasteiger partial charge in [0.05, 0.1) is 16.4 Å². The summed E-state index contributed by atoms with van der Waals surface area (Å²) < 4.78 is 25.9. The SMILES string of the molecule is CC(CN(C)S(=O)(=O)c1ccc(C#N)c(Br)c1)C(=O)O. The summed E-state index contributed by atoms with van der Waals surface area (Å²) in [7, 11) is -2.46. The van der Waals surface area contributed by atoms with E-state index in [1.165, 1.54) is 32.2 Å². The number of nitriles is 1. The predicted molar refractivity (Wildman–Crippen MR) is 75.5 cm³/mol. The molecule has 0 saturated heterocycles. The van der Waals surface area contributed by atoms with Crippen LogP contribution in [0.5, 0.6) is 0 Å². The number of carbonyl (C=O) groups is 1. The number of halogens is 1. The van der Waals surface area contributed by atoms with Crippen LogP contribution in [0.25, 0.3) is 0 Å². The van der Waals surface area contributed by atoms with Crippen molar-refractivity contribution in [1.29, 1.82) is 5.26 Å². The Morgan fingerprint density at radius 1 is 1.55 bits per heavy atom. The van der Waals surface area contributed by atoms with Crippen molar-refractivity contribution in [3.05, 3.63) is 28.2 Å². The quantitative estimate of drug-likeness (QED) is 0.860. The summed E-state index contributed by atoms with van der Waals surface area (Å²) in [5.41, 5.74) is 0.325. The van der Waals surface area contributed by atoms with Gasteiger partial charge in [0.2, 0.25) is 10.0 Å². The molecule has 20 heavy (non-hydrogen) atoms. The third-order valence-electron chi connectivity index (χ3n) is 2.72. The van der Waals surface area contributed by atoms with E-state index < -0.39 is 21.9 Å². The Hall–Kier alpha value is -1.43. The number of aliphatic carboxylic acids is 1. The fraction of sp³-hybridized carbons (Fsp3) is 0.333. The van der Waals surface area contributed by atoms with Crippen molar-refractivity contribution in [3.63, 3.8) is 0 Å². The van der Waals surface area contributed by atoms with Crippen LogP contribution in [0.4, 0.5) is 0 Å². The molecule has 0 spiro atoms. The average Bonchev–Trinajstić information content (AvgIpc) is 2.38. The van der Waals surface area contributed by atoms with E-state index in [4.69, 9.17) is 10.4 Å². The van der Waals surface area contributed by atoms with Crippen LogP contribution in [0, 0.1) is 17.2 Å². The molecule has 0 heterocycles. The summed E-state index contributed by atoms with van der Waals surface area (Å²) in [6.07, 6.45) is 0. The van der Waals surface area contributed by atoms with E-state index in [0.29, 0.717) is 10.0 Å².